The van der Waals surface area contributed by atoms with Crippen LogP contribution in [0.4, 0.5) is 0 Å². The molecule has 3 heteroatoms. The van der Waals surface area contributed by atoms with Crippen LogP contribution in [-0.4, -0.2) is 12.3 Å². The van der Waals surface area contributed by atoms with E-state index in [9.17, 15) is 0 Å². The predicted octanol–water partition coefficient (Wildman–Crippen LogP) is 4.17. The van der Waals surface area contributed by atoms with E-state index in [1.807, 2.05) is 0 Å². The molecule has 1 N–H and O–H groups in total. The van der Waals surface area contributed by atoms with Crippen LogP contribution in [0.1, 0.15) is 29.6 Å². The van der Waals surface area contributed by atoms with Gasteiger partial charge in [-0.2, -0.15) is 11.8 Å². The number of benzene rings is 1. The molecule has 108 valence electrons. The third-order valence-electron chi connectivity index (χ3n) is 3.42. The van der Waals surface area contributed by atoms with Gasteiger partial charge in [0.05, 0.1) is 12.3 Å². The van der Waals surface area contributed by atoms with Gasteiger partial charge in [0.15, 0.2) is 0 Å². The Hall–Kier alpha value is -1.19. The Balaban J connectivity index is 1.82. The van der Waals surface area contributed by atoms with Gasteiger partial charge in [-0.25, -0.2) is 0 Å². The van der Waals surface area contributed by atoms with Crippen molar-refractivity contribution in [3.05, 3.63) is 59.0 Å². The van der Waals surface area contributed by atoms with Crippen molar-refractivity contribution in [3.63, 3.8) is 0 Å². The largest absolute Gasteiger partial charge is 0.464 e. The first kappa shape index (κ1) is 15.2. The van der Waals surface area contributed by atoms with Crippen LogP contribution in [0.2, 0.25) is 0 Å². The lowest BCUT2D eigenvalue weighted by molar-refractivity contribution is 0.437. The van der Waals surface area contributed by atoms with Crippen molar-refractivity contribution >= 4 is 11.8 Å². The number of furan rings is 1. The zero-order valence-electron chi connectivity index (χ0n) is 12.5. The van der Waals surface area contributed by atoms with Gasteiger partial charge in [0.25, 0.3) is 0 Å². The van der Waals surface area contributed by atoms with E-state index in [1.54, 1.807) is 11.8 Å². The van der Waals surface area contributed by atoms with Crippen molar-refractivity contribution in [1.82, 2.24) is 5.32 Å². The Morgan fingerprint density at radius 1 is 1.15 bits per heavy atom. The molecular weight excluding hydrogens is 266 g/mol. The highest BCUT2D eigenvalue weighted by Gasteiger charge is 2.07. The van der Waals surface area contributed by atoms with Crippen molar-refractivity contribution in [3.8, 4) is 0 Å². The molecule has 2 aromatic rings. The van der Waals surface area contributed by atoms with Crippen LogP contribution in [0, 0.1) is 6.92 Å². The molecule has 20 heavy (non-hydrogen) atoms. The van der Waals surface area contributed by atoms with Crippen molar-refractivity contribution in [2.75, 3.05) is 6.26 Å². The van der Waals surface area contributed by atoms with Gasteiger partial charge in [0.1, 0.15) is 11.5 Å². The molecule has 0 aliphatic carbocycles. The monoisotopic (exact) mass is 289 g/mol. The Morgan fingerprint density at radius 3 is 2.65 bits per heavy atom. The maximum Gasteiger partial charge on any atom is 0.118 e. The second-order valence-electron chi connectivity index (χ2n) is 5.21. The molecule has 1 heterocycles. The number of nitrogens with one attached hydrogen (secondary N) is 1. The molecule has 0 bridgehead atoms. The number of hydrogen-bond donors (Lipinski definition) is 1. The van der Waals surface area contributed by atoms with Crippen LogP contribution >= 0.6 is 11.8 Å². The van der Waals surface area contributed by atoms with Crippen LogP contribution in [0.3, 0.4) is 0 Å². The lowest BCUT2D eigenvalue weighted by atomic mass is 10.0. The van der Waals surface area contributed by atoms with E-state index in [-0.39, 0.29) is 0 Å². The summed E-state index contributed by atoms with van der Waals surface area (Å²) in [4.78, 5) is 0. The van der Waals surface area contributed by atoms with E-state index in [2.05, 4.69) is 61.8 Å². The molecule has 1 aromatic carbocycles. The van der Waals surface area contributed by atoms with Gasteiger partial charge in [-0.1, -0.05) is 24.3 Å². The Kier molecular flexibility index (Phi) is 5.74. The summed E-state index contributed by atoms with van der Waals surface area (Å²) in [7, 11) is 0. The highest BCUT2D eigenvalue weighted by atomic mass is 32.2. The molecule has 1 unspecified atom stereocenters. The van der Waals surface area contributed by atoms with Gasteiger partial charge in [-0.15, -0.1) is 0 Å². The van der Waals surface area contributed by atoms with Gasteiger partial charge in [0, 0.05) is 6.04 Å². The van der Waals surface area contributed by atoms with Crippen LogP contribution in [0.25, 0.3) is 0 Å². The van der Waals surface area contributed by atoms with Gasteiger partial charge in [-0.3, -0.25) is 0 Å². The molecule has 0 spiro atoms. The molecule has 0 fully saturated rings. The lowest BCUT2D eigenvalue weighted by Gasteiger charge is -2.14. The van der Waals surface area contributed by atoms with E-state index >= 15 is 0 Å². The SMILES string of the molecule is CSCc1ccc(CNC(C)Cc2ccccc2C)o1. The summed E-state index contributed by atoms with van der Waals surface area (Å²) in [6.07, 6.45) is 3.13. The molecule has 2 nitrogen and oxygen atoms in total. The van der Waals surface area contributed by atoms with E-state index in [1.165, 1.54) is 11.1 Å². The molecule has 0 amide bonds. The average molecular weight is 289 g/mol. The Morgan fingerprint density at radius 2 is 1.90 bits per heavy atom. The smallest absolute Gasteiger partial charge is 0.118 e. The van der Waals surface area contributed by atoms with Gasteiger partial charge >= 0.3 is 0 Å². The van der Waals surface area contributed by atoms with Crippen molar-refractivity contribution in [2.45, 2.75) is 38.6 Å². The molecule has 0 aliphatic heterocycles. The van der Waals surface area contributed by atoms with Crippen LogP contribution in [-0.2, 0) is 18.7 Å². The summed E-state index contributed by atoms with van der Waals surface area (Å²) >= 11 is 1.78. The van der Waals surface area contributed by atoms with Gasteiger partial charge in [0.2, 0.25) is 0 Å². The molecule has 0 radical (unpaired) electrons. The minimum atomic E-state index is 0.435. The first-order valence-electron chi connectivity index (χ1n) is 7.03. The summed E-state index contributed by atoms with van der Waals surface area (Å²) in [6, 6.07) is 13.1. The molecule has 2 rings (SSSR count). The van der Waals surface area contributed by atoms with Crippen molar-refractivity contribution in [1.29, 1.82) is 0 Å². The molecule has 1 atom stereocenters. The average Bonchev–Trinajstić information content (AvgIpc) is 2.87. The topological polar surface area (TPSA) is 25.2 Å². The predicted molar refractivity (Wildman–Crippen MR) is 87.1 cm³/mol. The molecule has 0 saturated heterocycles. The fourth-order valence-corrected chi connectivity index (χ4v) is 2.69. The number of thioether (sulfide) groups is 1. The minimum Gasteiger partial charge on any atom is -0.464 e. The summed E-state index contributed by atoms with van der Waals surface area (Å²) in [5, 5.41) is 3.53. The van der Waals surface area contributed by atoms with Crippen LogP contribution < -0.4 is 5.32 Å². The Labute approximate surface area is 126 Å². The van der Waals surface area contributed by atoms with E-state index in [4.69, 9.17) is 4.42 Å². The normalized spacial score (nSPS) is 12.6. The fourth-order valence-electron chi connectivity index (χ4n) is 2.25. The second-order valence-corrected chi connectivity index (χ2v) is 6.08. The van der Waals surface area contributed by atoms with E-state index in [0.29, 0.717) is 6.04 Å². The fraction of sp³-hybridized carbons (Fsp3) is 0.412. The third-order valence-corrected chi connectivity index (χ3v) is 3.99. The highest BCUT2D eigenvalue weighted by molar-refractivity contribution is 7.97. The zero-order chi connectivity index (χ0) is 14.4. The van der Waals surface area contributed by atoms with Crippen LogP contribution in [0.15, 0.2) is 40.8 Å². The number of hydrogen-bond acceptors (Lipinski definition) is 3. The quantitative estimate of drug-likeness (QED) is 0.828. The van der Waals surface area contributed by atoms with Gasteiger partial charge < -0.3 is 9.73 Å². The maximum absolute atomic E-state index is 5.77. The summed E-state index contributed by atoms with van der Waals surface area (Å²) < 4.78 is 5.77. The number of rotatable bonds is 7. The van der Waals surface area contributed by atoms with E-state index < -0.39 is 0 Å². The summed E-state index contributed by atoms with van der Waals surface area (Å²) in [5.41, 5.74) is 2.77. The molecule has 0 aliphatic rings. The number of aryl methyl sites for hydroxylation is 1. The Bertz CT molecular complexity index is 535. The lowest BCUT2D eigenvalue weighted by Crippen LogP contribution is -2.27. The van der Waals surface area contributed by atoms with Crippen LogP contribution in [0.5, 0.6) is 0 Å². The third kappa shape index (κ3) is 4.43. The van der Waals surface area contributed by atoms with E-state index in [0.717, 1.165) is 30.2 Å². The second kappa shape index (κ2) is 7.55. The standard InChI is InChI=1S/C17H23NOS/c1-13-6-4-5-7-15(13)10-14(2)18-11-16-8-9-17(19-16)12-20-3/h4-9,14,18H,10-12H2,1-3H3. The van der Waals surface area contributed by atoms with Crippen molar-refractivity contribution in [2.24, 2.45) is 0 Å². The van der Waals surface area contributed by atoms with Gasteiger partial charge in [-0.05, 0) is 49.8 Å². The zero-order valence-corrected chi connectivity index (χ0v) is 13.3. The minimum absolute atomic E-state index is 0.435. The summed E-state index contributed by atoms with van der Waals surface area (Å²) in [5.74, 6) is 3.02. The maximum atomic E-state index is 5.77. The van der Waals surface area contributed by atoms with Crippen molar-refractivity contribution < 1.29 is 4.42 Å². The highest BCUT2D eigenvalue weighted by Crippen LogP contribution is 2.14. The summed E-state index contributed by atoms with van der Waals surface area (Å²) in [6.45, 7) is 5.18. The first-order valence-corrected chi connectivity index (χ1v) is 8.43. The first-order chi connectivity index (χ1) is 9.69. The molecular formula is C17H23NOS. The molecule has 0 saturated carbocycles. The molecule has 1 aromatic heterocycles.